The van der Waals surface area contributed by atoms with Gasteiger partial charge in [-0.15, -0.1) is 5.10 Å². The van der Waals surface area contributed by atoms with Gasteiger partial charge in [0.05, 0.1) is 38.6 Å². The summed E-state index contributed by atoms with van der Waals surface area (Å²) < 4.78 is 3.44. The highest BCUT2D eigenvalue weighted by Gasteiger charge is 2.23. The number of hydrogen-bond acceptors (Lipinski definition) is 6. The Morgan fingerprint density at radius 2 is 1.63 bits per heavy atom. The van der Waals surface area contributed by atoms with Crippen molar-refractivity contribution in [1.29, 1.82) is 0 Å². The van der Waals surface area contributed by atoms with Crippen LogP contribution in [0.2, 0.25) is 0 Å². The lowest BCUT2D eigenvalue weighted by Crippen LogP contribution is -2.00. The van der Waals surface area contributed by atoms with Gasteiger partial charge < -0.3 is 4.98 Å². The molecule has 0 spiro atoms. The van der Waals surface area contributed by atoms with Crippen molar-refractivity contribution >= 4 is 16.7 Å². The fourth-order valence-corrected chi connectivity index (χ4v) is 4.02. The SMILES string of the molecule is Cc1c(-c2nn(-c3ccccc3)cc2-c2nc3ccccc3[nH]2)nnn1-c1ccc([N+](=O)[O-])cc1. The van der Waals surface area contributed by atoms with Gasteiger partial charge in [0.15, 0.2) is 0 Å². The van der Waals surface area contributed by atoms with Crippen LogP contribution in [0.4, 0.5) is 5.69 Å². The van der Waals surface area contributed by atoms with E-state index in [9.17, 15) is 10.1 Å². The van der Waals surface area contributed by atoms with Crippen LogP contribution in [0.3, 0.4) is 0 Å². The zero-order chi connectivity index (χ0) is 23.9. The molecule has 3 heterocycles. The number of hydrogen-bond donors (Lipinski definition) is 1. The van der Waals surface area contributed by atoms with E-state index in [2.05, 4.69) is 15.3 Å². The van der Waals surface area contributed by atoms with E-state index in [0.717, 1.165) is 28.0 Å². The van der Waals surface area contributed by atoms with Gasteiger partial charge in [0.1, 0.15) is 17.2 Å². The number of non-ortho nitro benzene ring substituents is 1. The van der Waals surface area contributed by atoms with E-state index in [0.29, 0.717) is 22.9 Å². The first-order chi connectivity index (χ1) is 17.1. The third-order valence-electron chi connectivity index (χ3n) is 5.80. The first kappa shape index (κ1) is 20.5. The van der Waals surface area contributed by atoms with Crippen LogP contribution in [0.25, 0.3) is 45.2 Å². The molecule has 0 unspecified atom stereocenters. The maximum Gasteiger partial charge on any atom is 0.269 e. The number of nitro groups is 1. The van der Waals surface area contributed by atoms with Gasteiger partial charge in [0.2, 0.25) is 0 Å². The monoisotopic (exact) mass is 462 g/mol. The molecule has 0 fully saturated rings. The largest absolute Gasteiger partial charge is 0.338 e. The van der Waals surface area contributed by atoms with Crippen molar-refractivity contribution in [3.05, 3.63) is 101 Å². The molecular formula is C25H18N8O2. The quantitative estimate of drug-likeness (QED) is 0.288. The number of nitrogens with zero attached hydrogens (tertiary/aromatic N) is 7. The molecule has 3 aromatic heterocycles. The Bertz CT molecular complexity index is 1650. The van der Waals surface area contributed by atoms with Crippen LogP contribution < -0.4 is 0 Å². The summed E-state index contributed by atoms with van der Waals surface area (Å²) >= 11 is 0. The predicted octanol–water partition coefficient (Wildman–Crippen LogP) is 4.88. The highest BCUT2D eigenvalue weighted by molar-refractivity contribution is 5.84. The number of H-pyrrole nitrogens is 1. The molecule has 6 rings (SSSR count). The van der Waals surface area contributed by atoms with E-state index in [1.54, 1.807) is 21.5 Å². The van der Waals surface area contributed by atoms with Gasteiger partial charge >= 0.3 is 0 Å². The van der Waals surface area contributed by atoms with E-state index in [-0.39, 0.29) is 5.69 Å². The molecule has 0 aliphatic carbocycles. The summed E-state index contributed by atoms with van der Waals surface area (Å²) in [6.07, 6.45) is 1.92. The van der Waals surface area contributed by atoms with E-state index >= 15 is 0 Å². The Balaban J connectivity index is 1.50. The van der Waals surface area contributed by atoms with Crippen LogP contribution in [-0.4, -0.2) is 39.7 Å². The van der Waals surface area contributed by atoms with Crippen molar-refractivity contribution in [3.8, 4) is 34.2 Å². The van der Waals surface area contributed by atoms with Crippen molar-refractivity contribution in [1.82, 2.24) is 34.7 Å². The highest BCUT2D eigenvalue weighted by Crippen LogP contribution is 2.33. The van der Waals surface area contributed by atoms with Crippen molar-refractivity contribution < 1.29 is 4.92 Å². The number of aromatic amines is 1. The molecule has 10 nitrogen and oxygen atoms in total. The molecule has 0 aliphatic rings. The maximum atomic E-state index is 11.0. The molecule has 0 atom stereocenters. The van der Waals surface area contributed by atoms with Gasteiger partial charge in [-0.1, -0.05) is 35.5 Å². The Morgan fingerprint density at radius 1 is 0.886 bits per heavy atom. The minimum absolute atomic E-state index is 0.0144. The molecule has 0 saturated carbocycles. The Labute approximate surface area is 198 Å². The Morgan fingerprint density at radius 3 is 2.37 bits per heavy atom. The van der Waals surface area contributed by atoms with Crippen LogP contribution in [0.1, 0.15) is 5.69 Å². The van der Waals surface area contributed by atoms with E-state index in [4.69, 9.17) is 10.1 Å². The summed E-state index contributed by atoms with van der Waals surface area (Å²) in [5.74, 6) is 0.674. The van der Waals surface area contributed by atoms with E-state index in [1.807, 2.05) is 67.7 Å². The number of nitrogens with one attached hydrogen (secondary N) is 1. The van der Waals surface area contributed by atoms with Crippen molar-refractivity contribution in [2.24, 2.45) is 0 Å². The molecule has 0 aliphatic heterocycles. The molecule has 35 heavy (non-hydrogen) atoms. The van der Waals surface area contributed by atoms with Crippen molar-refractivity contribution in [2.75, 3.05) is 0 Å². The van der Waals surface area contributed by atoms with Crippen LogP contribution in [0.5, 0.6) is 0 Å². The zero-order valence-electron chi connectivity index (χ0n) is 18.5. The summed E-state index contributed by atoms with van der Waals surface area (Å²) in [5.41, 5.74) is 6.10. The fraction of sp³-hybridized carbons (Fsp3) is 0.0400. The molecule has 10 heteroatoms. The van der Waals surface area contributed by atoms with Crippen LogP contribution in [0.15, 0.2) is 85.1 Å². The molecule has 0 amide bonds. The minimum Gasteiger partial charge on any atom is -0.338 e. The average molecular weight is 462 g/mol. The predicted molar refractivity (Wildman–Crippen MR) is 130 cm³/mol. The normalized spacial score (nSPS) is 11.2. The number of imidazole rings is 1. The second-order valence-corrected chi connectivity index (χ2v) is 7.98. The first-order valence-corrected chi connectivity index (χ1v) is 10.9. The third-order valence-corrected chi connectivity index (χ3v) is 5.80. The average Bonchev–Trinajstić information content (AvgIpc) is 3.60. The zero-order valence-corrected chi connectivity index (χ0v) is 18.5. The lowest BCUT2D eigenvalue weighted by Gasteiger charge is -2.03. The van der Waals surface area contributed by atoms with Crippen molar-refractivity contribution in [3.63, 3.8) is 0 Å². The molecule has 3 aromatic carbocycles. The number of aromatic nitrogens is 7. The van der Waals surface area contributed by atoms with Gasteiger partial charge in [-0.05, 0) is 43.3 Å². The number of rotatable bonds is 5. The lowest BCUT2D eigenvalue weighted by molar-refractivity contribution is -0.384. The Kier molecular flexibility index (Phi) is 4.70. The van der Waals surface area contributed by atoms with Gasteiger partial charge in [0.25, 0.3) is 5.69 Å². The van der Waals surface area contributed by atoms with E-state index in [1.165, 1.54) is 12.1 Å². The maximum absolute atomic E-state index is 11.0. The minimum atomic E-state index is -0.431. The summed E-state index contributed by atoms with van der Waals surface area (Å²) in [6.45, 7) is 1.89. The van der Waals surface area contributed by atoms with Gasteiger partial charge in [-0.3, -0.25) is 10.1 Å². The smallest absolute Gasteiger partial charge is 0.269 e. The molecule has 0 radical (unpaired) electrons. The molecule has 0 saturated heterocycles. The van der Waals surface area contributed by atoms with Crippen LogP contribution in [0, 0.1) is 17.0 Å². The summed E-state index contributed by atoms with van der Waals surface area (Å²) in [5, 5.41) is 24.6. The molecule has 0 bridgehead atoms. The third kappa shape index (κ3) is 3.53. The number of fused-ring (bicyclic) bond motifs is 1. The summed E-state index contributed by atoms with van der Waals surface area (Å²) in [6, 6.07) is 23.8. The number of benzene rings is 3. The highest BCUT2D eigenvalue weighted by atomic mass is 16.6. The summed E-state index contributed by atoms with van der Waals surface area (Å²) in [4.78, 5) is 18.7. The summed E-state index contributed by atoms with van der Waals surface area (Å²) in [7, 11) is 0. The van der Waals surface area contributed by atoms with E-state index < -0.39 is 4.92 Å². The molecule has 170 valence electrons. The second kappa shape index (κ2) is 8.03. The second-order valence-electron chi connectivity index (χ2n) is 7.98. The number of nitro benzene ring substituents is 1. The number of para-hydroxylation sites is 3. The topological polar surface area (TPSA) is 120 Å². The van der Waals surface area contributed by atoms with Gasteiger partial charge in [0, 0.05) is 18.3 Å². The van der Waals surface area contributed by atoms with Crippen LogP contribution in [-0.2, 0) is 0 Å². The first-order valence-electron chi connectivity index (χ1n) is 10.9. The molecule has 1 N–H and O–H groups in total. The fourth-order valence-electron chi connectivity index (χ4n) is 4.02. The molecular weight excluding hydrogens is 444 g/mol. The Hall–Kier alpha value is -5.12. The standard InChI is InChI=1S/C25H18N8O2/c1-16-23(28-30-32(16)18-11-13-19(14-12-18)33(34)35)24-20(15-31(29-24)17-7-3-2-4-8-17)25-26-21-9-5-6-10-22(21)27-25/h2-15H,1H3,(H,26,27). The lowest BCUT2D eigenvalue weighted by atomic mass is 10.1. The van der Waals surface area contributed by atoms with Crippen LogP contribution >= 0.6 is 0 Å². The van der Waals surface area contributed by atoms with Gasteiger partial charge in [-0.25, -0.2) is 14.3 Å². The molecule has 6 aromatic rings. The van der Waals surface area contributed by atoms with Gasteiger partial charge in [-0.2, -0.15) is 5.10 Å². The van der Waals surface area contributed by atoms with Crippen molar-refractivity contribution in [2.45, 2.75) is 6.92 Å².